The smallest absolute Gasteiger partial charge is 0.125 e. The average molecular weight is 282 g/mol. The van der Waals surface area contributed by atoms with Gasteiger partial charge in [0.15, 0.2) is 0 Å². The van der Waals surface area contributed by atoms with Gasteiger partial charge in [-0.05, 0) is 44.5 Å². The molecule has 2 rings (SSSR count). The first-order valence-corrected chi connectivity index (χ1v) is 7.67. The number of rotatable bonds is 5. The van der Waals surface area contributed by atoms with Crippen LogP contribution in [0.1, 0.15) is 58.1 Å². The molecular weight excluding hydrogens is 258 g/mol. The summed E-state index contributed by atoms with van der Waals surface area (Å²) in [7, 11) is 0. The third kappa shape index (κ3) is 3.43. The third-order valence-corrected chi connectivity index (χ3v) is 3.99. The summed E-state index contributed by atoms with van der Waals surface area (Å²) in [5.74, 6) is 0.986. The number of ether oxygens (including phenoxy) is 1. The minimum absolute atomic E-state index is 0.0685. The van der Waals surface area contributed by atoms with Gasteiger partial charge in [-0.25, -0.2) is 0 Å². The Balaban J connectivity index is 2.29. The van der Waals surface area contributed by atoms with E-state index in [4.69, 9.17) is 16.3 Å². The second kappa shape index (κ2) is 6.15. The van der Waals surface area contributed by atoms with Gasteiger partial charge in [0.25, 0.3) is 0 Å². The normalized spacial score (nSPS) is 25.8. The Morgan fingerprint density at radius 3 is 2.84 bits per heavy atom. The van der Waals surface area contributed by atoms with Gasteiger partial charge in [-0.15, -0.1) is 0 Å². The van der Waals surface area contributed by atoms with Gasteiger partial charge in [-0.3, -0.25) is 0 Å². The van der Waals surface area contributed by atoms with Crippen molar-refractivity contribution in [1.29, 1.82) is 0 Å². The van der Waals surface area contributed by atoms with Crippen LogP contribution in [0.25, 0.3) is 0 Å². The van der Waals surface area contributed by atoms with Crippen LogP contribution in [0, 0.1) is 0 Å². The van der Waals surface area contributed by atoms with E-state index in [0.717, 1.165) is 43.0 Å². The lowest BCUT2D eigenvalue weighted by atomic mass is 9.85. The number of hydrogen-bond donors (Lipinski definition) is 1. The van der Waals surface area contributed by atoms with Crippen LogP contribution < -0.4 is 10.1 Å². The van der Waals surface area contributed by atoms with Crippen LogP contribution in [-0.4, -0.2) is 12.1 Å². The Morgan fingerprint density at radius 1 is 1.37 bits per heavy atom. The molecule has 3 heteroatoms. The molecule has 0 amide bonds. The standard InChI is InChI=1S/C16H24ClNO/c1-4-8-16(3)11-14(18-9-5-2)13-10-12(17)6-7-15(13)19-16/h6-7,10,14,18H,4-5,8-9,11H2,1-3H3. The molecule has 0 saturated heterocycles. The Hall–Kier alpha value is -0.730. The molecule has 0 aromatic heterocycles. The fraction of sp³-hybridized carbons (Fsp3) is 0.625. The summed E-state index contributed by atoms with van der Waals surface area (Å²) >= 11 is 6.12. The summed E-state index contributed by atoms with van der Waals surface area (Å²) in [5, 5.41) is 4.41. The Bertz CT molecular complexity index is 435. The molecule has 106 valence electrons. The predicted octanol–water partition coefficient (Wildman–Crippen LogP) is 4.72. The predicted molar refractivity (Wildman–Crippen MR) is 81.0 cm³/mol. The Morgan fingerprint density at radius 2 is 2.16 bits per heavy atom. The topological polar surface area (TPSA) is 21.3 Å². The Labute approximate surface area is 121 Å². The molecule has 0 saturated carbocycles. The van der Waals surface area contributed by atoms with E-state index < -0.39 is 0 Å². The monoisotopic (exact) mass is 281 g/mol. The minimum atomic E-state index is -0.0685. The highest BCUT2D eigenvalue weighted by Crippen LogP contribution is 2.42. The van der Waals surface area contributed by atoms with Crippen LogP contribution in [0.3, 0.4) is 0 Å². The van der Waals surface area contributed by atoms with Gasteiger partial charge in [0.2, 0.25) is 0 Å². The summed E-state index contributed by atoms with van der Waals surface area (Å²) in [4.78, 5) is 0. The zero-order chi connectivity index (χ0) is 13.9. The number of fused-ring (bicyclic) bond motifs is 1. The molecule has 0 spiro atoms. The average Bonchev–Trinajstić information content (AvgIpc) is 2.37. The summed E-state index contributed by atoms with van der Waals surface area (Å²) in [6.07, 6.45) is 4.37. The van der Waals surface area contributed by atoms with E-state index in [1.807, 2.05) is 18.2 Å². The van der Waals surface area contributed by atoms with Gasteiger partial charge in [0.05, 0.1) is 0 Å². The van der Waals surface area contributed by atoms with Gasteiger partial charge in [-0.2, -0.15) is 0 Å². The maximum Gasteiger partial charge on any atom is 0.125 e. The zero-order valence-electron chi connectivity index (χ0n) is 12.1. The lowest BCUT2D eigenvalue weighted by molar-refractivity contribution is 0.0391. The van der Waals surface area contributed by atoms with E-state index in [9.17, 15) is 0 Å². The molecule has 0 fully saturated rings. The quantitative estimate of drug-likeness (QED) is 0.843. The van der Waals surface area contributed by atoms with E-state index in [1.165, 1.54) is 5.56 Å². The molecule has 1 aromatic rings. The van der Waals surface area contributed by atoms with E-state index in [-0.39, 0.29) is 5.60 Å². The van der Waals surface area contributed by atoms with Gasteiger partial charge >= 0.3 is 0 Å². The first kappa shape index (κ1) is 14.7. The van der Waals surface area contributed by atoms with E-state index >= 15 is 0 Å². The van der Waals surface area contributed by atoms with Crippen molar-refractivity contribution in [2.75, 3.05) is 6.54 Å². The van der Waals surface area contributed by atoms with Crippen LogP contribution in [0.2, 0.25) is 5.02 Å². The van der Waals surface area contributed by atoms with Crippen molar-refractivity contribution in [2.45, 2.75) is 58.1 Å². The summed E-state index contributed by atoms with van der Waals surface area (Å²) in [6, 6.07) is 6.30. The molecule has 1 aromatic carbocycles. The van der Waals surface area contributed by atoms with Gasteiger partial charge in [0, 0.05) is 23.0 Å². The van der Waals surface area contributed by atoms with Crippen molar-refractivity contribution in [2.24, 2.45) is 0 Å². The lowest BCUT2D eigenvalue weighted by Crippen LogP contribution is -2.42. The highest BCUT2D eigenvalue weighted by atomic mass is 35.5. The third-order valence-electron chi connectivity index (χ3n) is 3.76. The SMILES string of the molecule is CCCNC1CC(C)(CCC)Oc2ccc(Cl)cc21. The van der Waals surface area contributed by atoms with Gasteiger partial charge in [-0.1, -0.05) is 31.9 Å². The van der Waals surface area contributed by atoms with Crippen molar-refractivity contribution < 1.29 is 4.74 Å². The summed E-state index contributed by atoms with van der Waals surface area (Å²) < 4.78 is 6.23. The van der Waals surface area contributed by atoms with E-state index in [2.05, 4.69) is 26.1 Å². The molecule has 2 nitrogen and oxygen atoms in total. The molecule has 0 bridgehead atoms. The highest BCUT2D eigenvalue weighted by Gasteiger charge is 2.36. The first-order valence-electron chi connectivity index (χ1n) is 7.30. The highest BCUT2D eigenvalue weighted by molar-refractivity contribution is 6.30. The number of hydrogen-bond acceptors (Lipinski definition) is 2. The van der Waals surface area contributed by atoms with E-state index in [0.29, 0.717) is 6.04 Å². The minimum Gasteiger partial charge on any atom is -0.487 e. The van der Waals surface area contributed by atoms with Crippen LogP contribution in [0.15, 0.2) is 18.2 Å². The zero-order valence-corrected chi connectivity index (χ0v) is 12.9. The molecule has 0 radical (unpaired) electrons. The fourth-order valence-electron chi connectivity index (χ4n) is 2.92. The Kier molecular flexibility index (Phi) is 4.75. The van der Waals surface area contributed by atoms with Crippen LogP contribution in [0.5, 0.6) is 5.75 Å². The van der Waals surface area contributed by atoms with Gasteiger partial charge in [0.1, 0.15) is 11.4 Å². The van der Waals surface area contributed by atoms with Crippen molar-refractivity contribution in [1.82, 2.24) is 5.32 Å². The van der Waals surface area contributed by atoms with Crippen LogP contribution in [0.4, 0.5) is 0 Å². The number of benzene rings is 1. The summed E-state index contributed by atoms with van der Waals surface area (Å²) in [6.45, 7) is 7.64. The second-order valence-corrected chi connectivity index (χ2v) is 6.13. The molecule has 0 aliphatic carbocycles. The largest absolute Gasteiger partial charge is 0.487 e. The molecule has 1 heterocycles. The molecular formula is C16H24ClNO. The molecule has 2 atom stereocenters. The van der Waals surface area contributed by atoms with Crippen LogP contribution in [-0.2, 0) is 0 Å². The van der Waals surface area contributed by atoms with Crippen molar-refractivity contribution in [3.63, 3.8) is 0 Å². The lowest BCUT2D eigenvalue weighted by Gasteiger charge is -2.40. The first-order chi connectivity index (χ1) is 9.08. The number of halogens is 1. The molecule has 1 N–H and O–H groups in total. The van der Waals surface area contributed by atoms with Crippen molar-refractivity contribution in [3.8, 4) is 5.75 Å². The van der Waals surface area contributed by atoms with Crippen LogP contribution >= 0.6 is 11.6 Å². The van der Waals surface area contributed by atoms with Gasteiger partial charge < -0.3 is 10.1 Å². The summed E-state index contributed by atoms with van der Waals surface area (Å²) in [5.41, 5.74) is 1.13. The maximum absolute atomic E-state index is 6.23. The fourth-order valence-corrected chi connectivity index (χ4v) is 3.10. The number of nitrogens with one attached hydrogen (secondary N) is 1. The van der Waals surface area contributed by atoms with E-state index in [1.54, 1.807) is 0 Å². The van der Waals surface area contributed by atoms with Crippen molar-refractivity contribution in [3.05, 3.63) is 28.8 Å². The molecule has 1 aliphatic rings. The second-order valence-electron chi connectivity index (χ2n) is 5.69. The molecule has 2 unspecified atom stereocenters. The maximum atomic E-state index is 6.23. The van der Waals surface area contributed by atoms with Crippen molar-refractivity contribution >= 4 is 11.6 Å². The molecule has 19 heavy (non-hydrogen) atoms. The molecule has 1 aliphatic heterocycles.